The maximum absolute atomic E-state index is 5.72. The summed E-state index contributed by atoms with van der Waals surface area (Å²) in [6.45, 7) is 7.15. The lowest BCUT2D eigenvalue weighted by Crippen LogP contribution is -2.51. The highest BCUT2D eigenvalue weighted by Gasteiger charge is 2.23. The molecule has 1 atom stereocenters. The van der Waals surface area contributed by atoms with Gasteiger partial charge in [-0.1, -0.05) is 0 Å². The third kappa shape index (κ3) is 6.80. The van der Waals surface area contributed by atoms with E-state index in [4.69, 9.17) is 14.5 Å². The summed E-state index contributed by atoms with van der Waals surface area (Å²) in [6, 6.07) is 0. The van der Waals surface area contributed by atoms with Crippen molar-refractivity contribution in [3.63, 3.8) is 0 Å². The second-order valence-electron chi connectivity index (χ2n) is 5.64. The fourth-order valence-corrected chi connectivity index (χ4v) is 3.97. The molecule has 0 bridgehead atoms. The van der Waals surface area contributed by atoms with Gasteiger partial charge in [-0.2, -0.15) is 11.8 Å². The van der Waals surface area contributed by atoms with Gasteiger partial charge in [0.05, 0.1) is 19.3 Å². The molecule has 2 fully saturated rings. The molecule has 2 rings (SSSR count). The van der Waals surface area contributed by atoms with E-state index in [-0.39, 0.29) is 30.1 Å². The summed E-state index contributed by atoms with van der Waals surface area (Å²) in [7, 11) is 1.72. The summed E-state index contributed by atoms with van der Waals surface area (Å²) in [5, 5.41) is 3.43. The van der Waals surface area contributed by atoms with Crippen molar-refractivity contribution in [1.29, 1.82) is 0 Å². The second-order valence-corrected chi connectivity index (χ2v) is 6.87. The maximum atomic E-state index is 5.72. The number of rotatable bonds is 5. The van der Waals surface area contributed by atoms with Gasteiger partial charge in [0, 0.05) is 33.3 Å². The number of nitrogens with zero attached hydrogens (tertiary/aromatic N) is 2. The maximum Gasteiger partial charge on any atom is 0.194 e. The van der Waals surface area contributed by atoms with E-state index in [0.29, 0.717) is 6.61 Å². The molecule has 0 aliphatic carbocycles. The number of hydrogen-bond donors (Lipinski definition) is 1. The van der Waals surface area contributed by atoms with Crippen molar-refractivity contribution in [2.45, 2.75) is 25.9 Å². The van der Waals surface area contributed by atoms with Gasteiger partial charge >= 0.3 is 0 Å². The van der Waals surface area contributed by atoms with Crippen molar-refractivity contribution in [2.75, 3.05) is 58.0 Å². The van der Waals surface area contributed by atoms with Crippen LogP contribution in [-0.2, 0) is 9.47 Å². The number of methoxy groups -OCH3 is 1. The standard InChI is InChI=1S/C15H29N3O2S.HI/c1-3-16-15(17-10-13-4-8-21-9-5-13)18-6-7-20-14(11-18)12-19-2;/h13-14H,3-12H2,1-2H3,(H,16,17);1H. The van der Waals surface area contributed by atoms with E-state index in [1.165, 1.54) is 24.3 Å². The van der Waals surface area contributed by atoms with Crippen LogP contribution in [0.4, 0.5) is 0 Å². The lowest BCUT2D eigenvalue weighted by Gasteiger charge is -2.35. The van der Waals surface area contributed by atoms with Gasteiger partial charge in [-0.15, -0.1) is 24.0 Å². The fourth-order valence-electron chi connectivity index (χ4n) is 2.77. The summed E-state index contributed by atoms with van der Waals surface area (Å²) in [6.07, 6.45) is 2.77. The van der Waals surface area contributed by atoms with Crippen LogP contribution in [0, 0.1) is 5.92 Å². The van der Waals surface area contributed by atoms with Crippen molar-refractivity contribution in [2.24, 2.45) is 10.9 Å². The first-order valence-corrected chi connectivity index (χ1v) is 9.20. The van der Waals surface area contributed by atoms with Gasteiger partial charge in [-0.05, 0) is 37.2 Å². The summed E-state index contributed by atoms with van der Waals surface area (Å²) in [4.78, 5) is 7.19. The Bertz CT molecular complexity index is 326. The highest BCUT2D eigenvalue weighted by atomic mass is 127. The molecule has 2 heterocycles. The first-order valence-electron chi connectivity index (χ1n) is 8.05. The number of nitrogens with one attached hydrogen (secondary N) is 1. The number of morpholine rings is 1. The Kier molecular flexibility index (Phi) is 10.9. The zero-order valence-corrected chi connectivity index (χ0v) is 16.9. The van der Waals surface area contributed by atoms with Gasteiger partial charge in [0.1, 0.15) is 0 Å². The summed E-state index contributed by atoms with van der Waals surface area (Å²) < 4.78 is 10.9. The topological polar surface area (TPSA) is 46.1 Å². The molecule has 0 amide bonds. The van der Waals surface area contributed by atoms with Crippen LogP contribution in [0.15, 0.2) is 4.99 Å². The number of thioether (sulfide) groups is 1. The molecule has 5 nitrogen and oxygen atoms in total. The van der Waals surface area contributed by atoms with Crippen molar-refractivity contribution < 1.29 is 9.47 Å². The van der Waals surface area contributed by atoms with Crippen molar-refractivity contribution in [1.82, 2.24) is 10.2 Å². The predicted octanol–water partition coefficient (Wildman–Crippen LogP) is 2.06. The average molecular weight is 443 g/mol. The van der Waals surface area contributed by atoms with Gasteiger partial charge < -0.3 is 19.7 Å². The Morgan fingerprint density at radius 2 is 2.18 bits per heavy atom. The Morgan fingerprint density at radius 3 is 2.86 bits per heavy atom. The zero-order chi connectivity index (χ0) is 14.9. The molecule has 2 aliphatic rings. The summed E-state index contributed by atoms with van der Waals surface area (Å²) >= 11 is 2.07. The van der Waals surface area contributed by atoms with E-state index in [2.05, 4.69) is 28.9 Å². The number of guanidine groups is 1. The minimum Gasteiger partial charge on any atom is -0.382 e. The fraction of sp³-hybridized carbons (Fsp3) is 0.933. The van der Waals surface area contributed by atoms with Crippen LogP contribution in [0.1, 0.15) is 19.8 Å². The monoisotopic (exact) mass is 443 g/mol. The molecule has 130 valence electrons. The molecule has 0 radical (unpaired) electrons. The van der Waals surface area contributed by atoms with Crippen LogP contribution in [0.3, 0.4) is 0 Å². The van der Waals surface area contributed by atoms with Crippen LogP contribution >= 0.6 is 35.7 Å². The van der Waals surface area contributed by atoms with Crippen LogP contribution in [-0.4, -0.2) is 75.0 Å². The molecule has 7 heteroatoms. The molecular formula is C15H30IN3O2S. The number of aliphatic imine (C=N–C) groups is 1. The Hall–Kier alpha value is 0.270. The SMILES string of the molecule is CCNC(=NCC1CCSCC1)N1CCOC(COC)C1.I. The number of ether oxygens (including phenoxy) is 2. The average Bonchev–Trinajstić information content (AvgIpc) is 2.53. The molecule has 1 unspecified atom stereocenters. The molecule has 0 aromatic heterocycles. The lowest BCUT2D eigenvalue weighted by molar-refractivity contribution is -0.0447. The van der Waals surface area contributed by atoms with Gasteiger partial charge in [0.15, 0.2) is 5.96 Å². The van der Waals surface area contributed by atoms with Gasteiger partial charge in [-0.25, -0.2) is 0 Å². The Labute approximate surface area is 156 Å². The molecule has 1 N–H and O–H groups in total. The second kappa shape index (κ2) is 11.8. The summed E-state index contributed by atoms with van der Waals surface area (Å²) in [5.74, 6) is 4.39. The smallest absolute Gasteiger partial charge is 0.194 e. The van der Waals surface area contributed by atoms with Crippen LogP contribution in [0.5, 0.6) is 0 Å². The number of halogens is 1. The first-order chi connectivity index (χ1) is 10.3. The van der Waals surface area contributed by atoms with Crippen molar-refractivity contribution in [3.05, 3.63) is 0 Å². The van der Waals surface area contributed by atoms with Gasteiger partial charge in [0.2, 0.25) is 0 Å². The van der Waals surface area contributed by atoms with Crippen molar-refractivity contribution >= 4 is 41.7 Å². The largest absolute Gasteiger partial charge is 0.382 e. The first kappa shape index (κ1) is 20.3. The highest BCUT2D eigenvalue weighted by Crippen LogP contribution is 2.22. The molecular weight excluding hydrogens is 413 g/mol. The van der Waals surface area contributed by atoms with Gasteiger partial charge in [0.25, 0.3) is 0 Å². The van der Waals surface area contributed by atoms with Crippen LogP contribution < -0.4 is 5.32 Å². The molecule has 2 saturated heterocycles. The Morgan fingerprint density at radius 1 is 1.41 bits per heavy atom. The highest BCUT2D eigenvalue weighted by molar-refractivity contribution is 14.0. The molecule has 2 aliphatic heterocycles. The lowest BCUT2D eigenvalue weighted by atomic mass is 10.0. The van der Waals surface area contributed by atoms with E-state index in [1.807, 2.05) is 0 Å². The molecule has 0 spiro atoms. The van der Waals surface area contributed by atoms with E-state index in [0.717, 1.165) is 44.7 Å². The van der Waals surface area contributed by atoms with Gasteiger partial charge in [-0.3, -0.25) is 4.99 Å². The van der Waals surface area contributed by atoms with E-state index >= 15 is 0 Å². The normalized spacial score (nSPS) is 24.0. The minimum atomic E-state index is 0. The van der Waals surface area contributed by atoms with Crippen LogP contribution in [0.2, 0.25) is 0 Å². The van der Waals surface area contributed by atoms with Crippen molar-refractivity contribution in [3.8, 4) is 0 Å². The van der Waals surface area contributed by atoms with E-state index in [1.54, 1.807) is 7.11 Å². The Balaban J connectivity index is 0.00000242. The summed E-state index contributed by atoms with van der Waals surface area (Å²) in [5.41, 5.74) is 0. The molecule has 0 aromatic carbocycles. The molecule has 22 heavy (non-hydrogen) atoms. The van der Waals surface area contributed by atoms with E-state index < -0.39 is 0 Å². The quantitative estimate of drug-likeness (QED) is 0.401. The third-order valence-electron chi connectivity index (χ3n) is 3.97. The zero-order valence-electron chi connectivity index (χ0n) is 13.8. The molecule has 0 aromatic rings. The molecule has 0 saturated carbocycles. The van der Waals surface area contributed by atoms with E-state index in [9.17, 15) is 0 Å². The minimum absolute atomic E-state index is 0. The predicted molar refractivity (Wildman–Crippen MR) is 105 cm³/mol. The number of hydrogen-bond acceptors (Lipinski definition) is 4. The third-order valence-corrected chi connectivity index (χ3v) is 5.01. The van der Waals surface area contributed by atoms with Crippen LogP contribution in [0.25, 0.3) is 0 Å².